The van der Waals surface area contributed by atoms with Crippen LogP contribution in [0, 0.1) is 6.92 Å². The van der Waals surface area contributed by atoms with Crippen molar-refractivity contribution in [3.05, 3.63) is 34.4 Å². The van der Waals surface area contributed by atoms with Gasteiger partial charge in [0, 0.05) is 19.9 Å². The van der Waals surface area contributed by atoms with Crippen LogP contribution in [0.4, 0.5) is 0 Å². The second-order valence-electron chi connectivity index (χ2n) is 6.26. The first kappa shape index (κ1) is 15.7. The van der Waals surface area contributed by atoms with Gasteiger partial charge in [-0.25, -0.2) is 0 Å². The zero-order valence-corrected chi connectivity index (χ0v) is 14.4. The molecule has 0 N–H and O–H groups in total. The molecule has 0 saturated carbocycles. The lowest BCUT2D eigenvalue weighted by Crippen LogP contribution is -2.23. The molecule has 0 radical (unpaired) electrons. The van der Waals surface area contributed by atoms with Crippen LogP contribution in [-0.4, -0.2) is 34.8 Å². The minimum absolute atomic E-state index is 0.192. The number of rotatable bonds is 3. The predicted molar refractivity (Wildman–Crippen MR) is 88.5 cm³/mol. The van der Waals surface area contributed by atoms with Gasteiger partial charge < -0.3 is 14.0 Å². The minimum atomic E-state index is 0.192. The summed E-state index contributed by atoms with van der Waals surface area (Å²) in [5.74, 6) is 2.77. The molecule has 24 heavy (non-hydrogen) atoms. The molecule has 4 rings (SSSR count). The average molecular weight is 350 g/mol. The summed E-state index contributed by atoms with van der Waals surface area (Å²) in [5, 5.41) is 4.70. The van der Waals surface area contributed by atoms with Crippen molar-refractivity contribution in [3.63, 3.8) is 0 Å². The van der Waals surface area contributed by atoms with Crippen molar-refractivity contribution in [1.29, 1.82) is 0 Å². The summed E-state index contributed by atoms with van der Waals surface area (Å²) in [6.07, 6.45) is 3.03. The van der Waals surface area contributed by atoms with Gasteiger partial charge in [0.1, 0.15) is 0 Å². The van der Waals surface area contributed by atoms with Gasteiger partial charge >= 0.3 is 0 Å². The zero-order valence-electron chi connectivity index (χ0n) is 13.6. The number of hydrogen-bond acceptors (Lipinski definition) is 6. The third kappa shape index (κ3) is 3.08. The van der Waals surface area contributed by atoms with Gasteiger partial charge in [0.2, 0.25) is 5.89 Å². The number of nitrogens with zero attached hydrogens (tertiary/aromatic N) is 3. The van der Waals surface area contributed by atoms with Crippen molar-refractivity contribution >= 4 is 11.6 Å². The summed E-state index contributed by atoms with van der Waals surface area (Å²) in [6, 6.07) is 4.19. The van der Waals surface area contributed by atoms with Gasteiger partial charge in [0.05, 0.1) is 24.3 Å². The Balaban J connectivity index is 1.56. The van der Waals surface area contributed by atoms with Gasteiger partial charge in [-0.3, -0.25) is 4.90 Å². The Bertz CT molecular complexity index is 734. The number of aromatic nitrogens is 2. The van der Waals surface area contributed by atoms with Crippen LogP contribution in [0.2, 0.25) is 5.02 Å². The second-order valence-corrected chi connectivity index (χ2v) is 6.66. The largest absolute Gasteiger partial charge is 0.489 e. The highest BCUT2D eigenvalue weighted by Gasteiger charge is 2.30. The second kappa shape index (κ2) is 6.61. The van der Waals surface area contributed by atoms with E-state index in [0.29, 0.717) is 29.9 Å². The van der Waals surface area contributed by atoms with Gasteiger partial charge in [-0.05, 0) is 37.1 Å². The van der Waals surface area contributed by atoms with Gasteiger partial charge in [0.15, 0.2) is 17.3 Å². The van der Waals surface area contributed by atoms with Gasteiger partial charge in [-0.2, -0.15) is 4.98 Å². The molecular formula is C17H20ClN3O3. The molecule has 0 spiro atoms. The van der Waals surface area contributed by atoms with Crippen LogP contribution in [0.15, 0.2) is 16.7 Å². The standard InChI is InChI=1S/C17H20ClN3O3/c1-11-19-17(20-24-11)14-4-2-5-21(14)10-12-8-13(18)16-15(9-12)22-6-3-7-23-16/h8-9,14H,2-7,10H2,1H3/t14-/m1/s1. The maximum absolute atomic E-state index is 6.40. The van der Waals surface area contributed by atoms with Crippen molar-refractivity contribution in [2.24, 2.45) is 0 Å². The maximum Gasteiger partial charge on any atom is 0.223 e. The van der Waals surface area contributed by atoms with Crippen molar-refractivity contribution in [2.45, 2.75) is 38.8 Å². The molecule has 7 heteroatoms. The third-order valence-electron chi connectivity index (χ3n) is 4.45. The van der Waals surface area contributed by atoms with Crippen LogP contribution < -0.4 is 9.47 Å². The topological polar surface area (TPSA) is 60.6 Å². The van der Waals surface area contributed by atoms with Crippen LogP contribution in [0.5, 0.6) is 11.5 Å². The van der Waals surface area contributed by atoms with E-state index in [-0.39, 0.29) is 6.04 Å². The van der Waals surface area contributed by atoms with E-state index < -0.39 is 0 Å². The Labute approximate surface area is 145 Å². The van der Waals surface area contributed by atoms with Crippen LogP contribution >= 0.6 is 11.6 Å². The highest BCUT2D eigenvalue weighted by atomic mass is 35.5. The molecule has 2 aliphatic rings. The Morgan fingerprint density at radius 2 is 2.12 bits per heavy atom. The lowest BCUT2D eigenvalue weighted by atomic mass is 10.1. The average Bonchev–Trinajstić information content (AvgIpc) is 3.10. The molecule has 0 amide bonds. The van der Waals surface area contributed by atoms with Crippen LogP contribution in [0.25, 0.3) is 0 Å². The fraction of sp³-hybridized carbons (Fsp3) is 0.529. The Kier molecular flexibility index (Phi) is 4.33. The molecule has 6 nitrogen and oxygen atoms in total. The van der Waals surface area contributed by atoms with Crippen molar-refractivity contribution in [1.82, 2.24) is 15.0 Å². The van der Waals surface area contributed by atoms with E-state index in [1.165, 1.54) is 0 Å². The summed E-state index contributed by atoms with van der Waals surface area (Å²) >= 11 is 6.40. The third-order valence-corrected chi connectivity index (χ3v) is 4.73. The van der Waals surface area contributed by atoms with E-state index in [4.69, 9.17) is 25.6 Å². The SMILES string of the molecule is Cc1nc([C@H]2CCCN2Cc2cc(Cl)c3c(c2)OCCCO3)no1. The first-order valence-corrected chi connectivity index (χ1v) is 8.71. The lowest BCUT2D eigenvalue weighted by Gasteiger charge is -2.22. The van der Waals surface area contributed by atoms with Gasteiger partial charge in [-0.1, -0.05) is 16.8 Å². The van der Waals surface area contributed by atoms with E-state index in [2.05, 4.69) is 15.0 Å². The number of likely N-dealkylation sites (tertiary alicyclic amines) is 1. The van der Waals surface area contributed by atoms with E-state index in [1.54, 1.807) is 0 Å². The van der Waals surface area contributed by atoms with Crippen molar-refractivity contribution < 1.29 is 14.0 Å². The van der Waals surface area contributed by atoms with E-state index >= 15 is 0 Å². The molecule has 3 heterocycles. The fourth-order valence-corrected chi connectivity index (χ4v) is 3.66. The first-order chi connectivity index (χ1) is 11.7. The molecule has 128 valence electrons. The number of aryl methyl sites for hydroxylation is 1. The minimum Gasteiger partial charge on any atom is -0.489 e. The highest BCUT2D eigenvalue weighted by molar-refractivity contribution is 6.32. The Hall–Kier alpha value is -1.79. The summed E-state index contributed by atoms with van der Waals surface area (Å²) in [6.45, 7) is 4.89. The van der Waals surface area contributed by atoms with Crippen molar-refractivity contribution in [2.75, 3.05) is 19.8 Å². The molecule has 1 fully saturated rings. The fourth-order valence-electron chi connectivity index (χ4n) is 3.37. The maximum atomic E-state index is 6.40. The van der Waals surface area contributed by atoms with E-state index in [0.717, 1.165) is 49.5 Å². The Morgan fingerprint density at radius 1 is 1.25 bits per heavy atom. The molecule has 1 aromatic carbocycles. The molecule has 0 unspecified atom stereocenters. The molecule has 2 aromatic rings. The summed E-state index contributed by atoms with van der Waals surface area (Å²) in [5.41, 5.74) is 1.11. The monoisotopic (exact) mass is 349 g/mol. The highest BCUT2D eigenvalue weighted by Crippen LogP contribution is 2.39. The summed E-state index contributed by atoms with van der Waals surface area (Å²) in [7, 11) is 0. The molecule has 0 aliphatic carbocycles. The van der Waals surface area contributed by atoms with Gasteiger partial charge in [-0.15, -0.1) is 0 Å². The molecule has 1 atom stereocenters. The van der Waals surface area contributed by atoms with E-state index in [9.17, 15) is 0 Å². The molecule has 1 saturated heterocycles. The number of ether oxygens (including phenoxy) is 2. The number of hydrogen-bond donors (Lipinski definition) is 0. The quantitative estimate of drug-likeness (QED) is 0.844. The zero-order chi connectivity index (χ0) is 16.5. The normalized spacial score (nSPS) is 21.0. The molecule has 0 bridgehead atoms. The smallest absolute Gasteiger partial charge is 0.223 e. The molecule has 1 aromatic heterocycles. The summed E-state index contributed by atoms with van der Waals surface area (Å²) < 4.78 is 16.6. The van der Waals surface area contributed by atoms with Crippen LogP contribution in [0.3, 0.4) is 0 Å². The Morgan fingerprint density at radius 3 is 2.96 bits per heavy atom. The van der Waals surface area contributed by atoms with Crippen LogP contribution in [0.1, 0.15) is 42.6 Å². The van der Waals surface area contributed by atoms with E-state index in [1.807, 2.05) is 19.1 Å². The predicted octanol–water partition coefficient (Wildman–Crippen LogP) is 3.53. The molecule has 2 aliphatic heterocycles. The number of benzene rings is 1. The number of halogens is 1. The molecular weight excluding hydrogens is 330 g/mol. The summed E-state index contributed by atoms with van der Waals surface area (Å²) in [4.78, 5) is 6.76. The van der Waals surface area contributed by atoms with Crippen LogP contribution in [-0.2, 0) is 6.54 Å². The first-order valence-electron chi connectivity index (χ1n) is 8.33. The van der Waals surface area contributed by atoms with Crippen molar-refractivity contribution in [3.8, 4) is 11.5 Å². The lowest BCUT2D eigenvalue weighted by molar-refractivity contribution is 0.233. The number of fused-ring (bicyclic) bond motifs is 1. The van der Waals surface area contributed by atoms with Gasteiger partial charge in [0.25, 0.3) is 0 Å².